The van der Waals surface area contributed by atoms with Crippen LogP contribution in [-0.2, 0) is 15.9 Å². The summed E-state index contributed by atoms with van der Waals surface area (Å²) >= 11 is 0. The Morgan fingerprint density at radius 1 is 1.03 bits per heavy atom. The summed E-state index contributed by atoms with van der Waals surface area (Å²) in [7, 11) is 0. The van der Waals surface area contributed by atoms with Crippen LogP contribution < -0.4 is 0 Å². The van der Waals surface area contributed by atoms with Gasteiger partial charge >= 0.3 is 0 Å². The summed E-state index contributed by atoms with van der Waals surface area (Å²) in [6, 6.07) is 2.64. The predicted octanol–water partition coefficient (Wildman–Crippen LogP) is 6.62. The molecule has 1 aromatic rings. The van der Waals surface area contributed by atoms with Crippen molar-refractivity contribution in [3.8, 4) is 11.8 Å². The first-order chi connectivity index (χ1) is 14.9. The minimum absolute atomic E-state index is 0.0251. The molecule has 0 N–H and O–H groups in total. The molecule has 1 saturated carbocycles. The summed E-state index contributed by atoms with van der Waals surface area (Å²) in [4.78, 5) is 0. The first kappa shape index (κ1) is 23.8. The van der Waals surface area contributed by atoms with E-state index >= 15 is 0 Å². The van der Waals surface area contributed by atoms with Crippen LogP contribution in [0.4, 0.5) is 17.6 Å². The van der Waals surface area contributed by atoms with E-state index in [0.29, 0.717) is 63.2 Å². The third-order valence-electron chi connectivity index (χ3n) is 6.04. The maximum Gasteiger partial charge on any atom is 0.266 e. The van der Waals surface area contributed by atoms with Gasteiger partial charge in [0.1, 0.15) is 11.6 Å². The van der Waals surface area contributed by atoms with Gasteiger partial charge in [-0.3, -0.25) is 0 Å². The van der Waals surface area contributed by atoms with E-state index < -0.39 is 17.7 Å². The van der Waals surface area contributed by atoms with E-state index in [1.807, 2.05) is 0 Å². The number of allylic oxidation sites excluding steroid dienone is 1. The lowest BCUT2D eigenvalue weighted by Crippen LogP contribution is -2.32. The molecule has 2 nitrogen and oxygen atoms in total. The Kier molecular flexibility index (Phi) is 8.98. The topological polar surface area (TPSA) is 18.5 Å². The molecule has 2 aliphatic rings. The fraction of sp³-hybridized carbons (Fsp3) is 0.600. The molecule has 1 heterocycles. The second-order valence-corrected chi connectivity index (χ2v) is 8.56. The molecule has 0 bridgehead atoms. The van der Waals surface area contributed by atoms with Crippen LogP contribution in [0.2, 0.25) is 0 Å². The third-order valence-corrected chi connectivity index (χ3v) is 6.04. The number of hydrogen-bond donors (Lipinski definition) is 0. The number of rotatable bonds is 6. The Balaban J connectivity index is 1.52. The quantitative estimate of drug-likeness (QED) is 0.367. The standard InChI is InChI=1S/C25H30F4O2/c1-2-3-20-15-30-25(31-16-20)11-9-19-12-22(26)21(23(27)13-19)10-8-17-4-6-18(7-5-17)14-24(28)29/h12-14,17-18,20,25H,2-7,9,11,15-16H2,1H3/t17?,18?,20-,25-. The normalized spacial score (nSPS) is 26.1. The second kappa shape index (κ2) is 11.7. The van der Waals surface area contributed by atoms with Gasteiger partial charge < -0.3 is 9.47 Å². The third kappa shape index (κ3) is 7.36. The smallest absolute Gasteiger partial charge is 0.266 e. The number of aryl methyl sites for hydroxylation is 1. The largest absolute Gasteiger partial charge is 0.352 e. The highest BCUT2D eigenvalue weighted by Crippen LogP contribution is 2.30. The van der Waals surface area contributed by atoms with E-state index in [-0.39, 0.29) is 23.7 Å². The number of halogens is 4. The highest BCUT2D eigenvalue weighted by Gasteiger charge is 2.22. The lowest BCUT2D eigenvalue weighted by molar-refractivity contribution is -0.203. The van der Waals surface area contributed by atoms with Gasteiger partial charge in [0.25, 0.3) is 6.08 Å². The molecule has 0 aromatic heterocycles. The van der Waals surface area contributed by atoms with E-state index in [1.54, 1.807) is 0 Å². The molecule has 3 rings (SSSR count). The lowest BCUT2D eigenvalue weighted by atomic mass is 9.82. The Labute approximate surface area is 182 Å². The highest BCUT2D eigenvalue weighted by atomic mass is 19.3. The van der Waals surface area contributed by atoms with Gasteiger partial charge in [-0.1, -0.05) is 25.2 Å². The van der Waals surface area contributed by atoms with Crippen molar-refractivity contribution in [3.63, 3.8) is 0 Å². The van der Waals surface area contributed by atoms with Crippen molar-refractivity contribution in [1.29, 1.82) is 0 Å². The summed E-state index contributed by atoms with van der Waals surface area (Å²) in [6.45, 7) is 3.45. The van der Waals surface area contributed by atoms with Crippen molar-refractivity contribution in [2.24, 2.45) is 17.8 Å². The van der Waals surface area contributed by atoms with Crippen LogP contribution in [0.25, 0.3) is 0 Å². The van der Waals surface area contributed by atoms with Gasteiger partial charge in [-0.05, 0) is 68.2 Å². The molecule has 31 heavy (non-hydrogen) atoms. The Morgan fingerprint density at radius 2 is 1.68 bits per heavy atom. The molecule has 1 saturated heterocycles. The van der Waals surface area contributed by atoms with Crippen molar-refractivity contribution in [3.05, 3.63) is 47.1 Å². The molecule has 1 aliphatic carbocycles. The van der Waals surface area contributed by atoms with Crippen molar-refractivity contribution < 1.29 is 27.0 Å². The van der Waals surface area contributed by atoms with Crippen molar-refractivity contribution in [1.82, 2.24) is 0 Å². The fourth-order valence-corrected chi connectivity index (χ4v) is 4.28. The summed E-state index contributed by atoms with van der Waals surface area (Å²) in [6.07, 6.45) is 4.70. The predicted molar refractivity (Wildman–Crippen MR) is 111 cm³/mol. The van der Waals surface area contributed by atoms with Crippen LogP contribution in [0.5, 0.6) is 0 Å². The molecule has 6 heteroatoms. The summed E-state index contributed by atoms with van der Waals surface area (Å²) in [5, 5.41) is 0. The van der Waals surface area contributed by atoms with E-state index in [0.717, 1.165) is 18.9 Å². The van der Waals surface area contributed by atoms with Crippen molar-refractivity contribution in [2.45, 2.75) is 64.6 Å². The van der Waals surface area contributed by atoms with Crippen LogP contribution in [0.3, 0.4) is 0 Å². The maximum absolute atomic E-state index is 14.5. The van der Waals surface area contributed by atoms with E-state index in [1.165, 1.54) is 12.1 Å². The Morgan fingerprint density at radius 3 is 2.26 bits per heavy atom. The first-order valence-corrected chi connectivity index (χ1v) is 11.2. The van der Waals surface area contributed by atoms with E-state index in [4.69, 9.17) is 9.47 Å². The minimum Gasteiger partial charge on any atom is -0.352 e. The lowest BCUT2D eigenvalue weighted by Gasteiger charge is -2.29. The molecule has 0 unspecified atom stereocenters. The summed E-state index contributed by atoms with van der Waals surface area (Å²) in [5.41, 5.74) is 0.317. The average molecular weight is 439 g/mol. The van der Waals surface area contributed by atoms with Crippen LogP contribution in [0, 0.1) is 41.2 Å². The van der Waals surface area contributed by atoms with Crippen LogP contribution in [-0.4, -0.2) is 19.5 Å². The van der Waals surface area contributed by atoms with Crippen LogP contribution in [0.15, 0.2) is 24.3 Å². The zero-order valence-electron chi connectivity index (χ0n) is 17.9. The number of ether oxygens (including phenoxy) is 2. The van der Waals surface area contributed by atoms with Crippen molar-refractivity contribution in [2.75, 3.05) is 13.2 Å². The summed E-state index contributed by atoms with van der Waals surface area (Å²) in [5.74, 6) is 4.49. The maximum atomic E-state index is 14.5. The first-order valence-electron chi connectivity index (χ1n) is 11.2. The van der Waals surface area contributed by atoms with Gasteiger partial charge in [-0.25, -0.2) is 8.78 Å². The second-order valence-electron chi connectivity index (χ2n) is 8.56. The minimum atomic E-state index is -1.65. The Bertz CT molecular complexity index is 784. The molecular formula is C25H30F4O2. The molecule has 0 amide bonds. The zero-order valence-corrected chi connectivity index (χ0v) is 17.9. The molecular weight excluding hydrogens is 408 g/mol. The van der Waals surface area contributed by atoms with Gasteiger partial charge in [0.2, 0.25) is 0 Å². The van der Waals surface area contributed by atoms with Crippen molar-refractivity contribution >= 4 is 0 Å². The highest BCUT2D eigenvalue weighted by molar-refractivity contribution is 5.39. The number of benzene rings is 1. The number of hydrogen-bond acceptors (Lipinski definition) is 2. The average Bonchev–Trinajstić information content (AvgIpc) is 2.74. The van der Waals surface area contributed by atoms with Gasteiger partial charge in [-0.15, -0.1) is 0 Å². The molecule has 2 fully saturated rings. The van der Waals surface area contributed by atoms with Crippen LogP contribution in [0.1, 0.15) is 63.0 Å². The zero-order chi connectivity index (χ0) is 22.2. The van der Waals surface area contributed by atoms with Gasteiger partial charge in [0.15, 0.2) is 6.29 Å². The van der Waals surface area contributed by atoms with E-state index in [2.05, 4.69) is 18.8 Å². The van der Waals surface area contributed by atoms with Crippen LogP contribution >= 0.6 is 0 Å². The fourth-order valence-electron chi connectivity index (χ4n) is 4.28. The molecule has 0 spiro atoms. The Hall–Kier alpha value is -1.84. The molecule has 1 aromatic carbocycles. The molecule has 1 aliphatic heterocycles. The van der Waals surface area contributed by atoms with Gasteiger partial charge in [0.05, 0.1) is 18.8 Å². The molecule has 0 atom stereocenters. The van der Waals surface area contributed by atoms with Gasteiger partial charge in [0, 0.05) is 18.3 Å². The SMILES string of the molecule is CCC[C@H]1CO[C@H](CCc2cc(F)c(C#CC3CCC(C=C(F)F)CC3)c(F)c2)OC1. The monoisotopic (exact) mass is 438 g/mol. The molecule has 170 valence electrons. The van der Waals surface area contributed by atoms with E-state index in [9.17, 15) is 17.6 Å². The van der Waals surface area contributed by atoms with Gasteiger partial charge in [-0.2, -0.15) is 8.78 Å². The molecule has 0 radical (unpaired) electrons. The summed E-state index contributed by atoms with van der Waals surface area (Å²) < 4.78 is 65.1.